The monoisotopic (exact) mass is 432 g/mol. The zero-order valence-electron chi connectivity index (χ0n) is 19.7. The number of nitrogens with zero attached hydrogens (tertiary/aromatic N) is 2. The van der Waals surface area contributed by atoms with Gasteiger partial charge < -0.3 is 25.0 Å². The van der Waals surface area contributed by atoms with E-state index in [1.54, 1.807) is 7.11 Å². The number of carbonyl (C=O) groups is 1. The molecule has 1 amide bonds. The van der Waals surface area contributed by atoms with Crippen LogP contribution in [0.15, 0.2) is 23.2 Å². The Morgan fingerprint density at radius 3 is 2.81 bits per heavy atom. The molecule has 0 aliphatic carbocycles. The zero-order chi connectivity index (χ0) is 22.5. The molecule has 0 radical (unpaired) electrons. The van der Waals surface area contributed by atoms with Crippen LogP contribution in [0.4, 0.5) is 0 Å². The number of rotatable bonds is 11. The predicted molar refractivity (Wildman–Crippen MR) is 126 cm³/mol. The molecule has 0 spiro atoms. The fourth-order valence-corrected chi connectivity index (χ4v) is 3.82. The number of piperidine rings is 1. The number of guanidine groups is 1. The maximum atomic E-state index is 12.4. The number of methoxy groups -OCH3 is 1. The number of amides is 1. The molecule has 1 unspecified atom stereocenters. The van der Waals surface area contributed by atoms with E-state index in [2.05, 4.69) is 28.6 Å². The number of aliphatic imine (C=N–C) groups is 1. The smallest absolute Gasteiger partial charge is 0.224 e. The Labute approximate surface area is 187 Å². The zero-order valence-corrected chi connectivity index (χ0v) is 19.7. The summed E-state index contributed by atoms with van der Waals surface area (Å²) >= 11 is 0. The van der Waals surface area contributed by atoms with E-state index in [4.69, 9.17) is 9.47 Å². The minimum absolute atomic E-state index is 0.236. The first-order valence-electron chi connectivity index (χ1n) is 11.7. The topological polar surface area (TPSA) is 75.2 Å². The molecular weight excluding hydrogens is 392 g/mol. The van der Waals surface area contributed by atoms with Crippen LogP contribution in [0, 0.1) is 5.92 Å². The molecule has 174 valence electrons. The quantitative estimate of drug-likeness (QED) is 0.319. The van der Waals surface area contributed by atoms with E-state index in [-0.39, 0.29) is 5.91 Å². The number of benzene rings is 1. The maximum Gasteiger partial charge on any atom is 0.224 e. The molecule has 1 aromatic carbocycles. The van der Waals surface area contributed by atoms with Crippen molar-refractivity contribution in [2.45, 2.75) is 52.9 Å². The molecule has 2 rings (SSSR count). The number of hydrogen-bond donors (Lipinski definition) is 2. The fraction of sp³-hybridized carbons (Fsp3) is 0.667. The second-order valence-electron chi connectivity index (χ2n) is 8.05. The number of nitrogens with one attached hydrogen (secondary N) is 2. The summed E-state index contributed by atoms with van der Waals surface area (Å²) < 4.78 is 11.0. The van der Waals surface area contributed by atoms with Gasteiger partial charge in [0.2, 0.25) is 5.91 Å². The van der Waals surface area contributed by atoms with Crippen LogP contribution in [0.2, 0.25) is 0 Å². The van der Waals surface area contributed by atoms with Crippen molar-refractivity contribution in [2.75, 3.05) is 46.4 Å². The molecule has 7 heteroatoms. The van der Waals surface area contributed by atoms with Gasteiger partial charge in [0.25, 0.3) is 0 Å². The molecule has 1 aliphatic rings. The van der Waals surface area contributed by atoms with Gasteiger partial charge in [-0.3, -0.25) is 9.79 Å². The molecule has 31 heavy (non-hydrogen) atoms. The SMILES string of the molecule is CCNC(=NCCCc1ccc(OC)c(OCC)c1)NCCC(=O)N1CCCC(C)C1. The maximum absolute atomic E-state index is 12.4. The Bertz CT molecular complexity index is 708. The summed E-state index contributed by atoms with van der Waals surface area (Å²) in [5.41, 5.74) is 1.21. The number of carbonyl (C=O) groups excluding carboxylic acids is 1. The molecule has 2 N–H and O–H groups in total. The Morgan fingerprint density at radius 2 is 2.10 bits per heavy atom. The first-order valence-corrected chi connectivity index (χ1v) is 11.7. The first kappa shape index (κ1) is 24.8. The molecule has 1 heterocycles. The van der Waals surface area contributed by atoms with Crippen LogP contribution in [0.5, 0.6) is 11.5 Å². The average molecular weight is 433 g/mol. The largest absolute Gasteiger partial charge is 0.493 e. The highest BCUT2D eigenvalue weighted by atomic mass is 16.5. The highest BCUT2D eigenvalue weighted by Crippen LogP contribution is 2.28. The number of likely N-dealkylation sites (tertiary alicyclic amines) is 1. The van der Waals surface area contributed by atoms with Crippen molar-refractivity contribution in [2.24, 2.45) is 10.9 Å². The van der Waals surface area contributed by atoms with E-state index in [9.17, 15) is 4.79 Å². The lowest BCUT2D eigenvalue weighted by Crippen LogP contribution is -2.42. The number of hydrogen-bond acceptors (Lipinski definition) is 4. The molecule has 0 saturated carbocycles. The summed E-state index contributed by atoms with van der Waals surface area (Å²) in [5, 5.41) is 6.56. The molecule has 1 saturated heterocycles. The van der Waals surface area contributed by atoms with Gasteiger partial charge in [-0.25, -0.2) is 0 Å². The van der Waals surface area contributed by atoms with Gasteiger partial charge in [-0.1, -0.05) is 13.0 Å². The van der Waals surface area contributed by atoms with Crippen molar-refractivity contribution in [1.82, 2.24) is 15.5 Å². The Morgan fingerprint density at radius 1 is 1.26 bits per heavy atom. The first-order chi connectivity index (χ1) is 15.1. The van der Waals surface area contributed by atoms with Crippen LogP contribution in [0.25, 0.3) is 0 Å². The molecule has 0 aromatic heterocycles. The van der Waals surface area contributed by atoms with Crippen LogP contribution in [0.3, 0.4) is 0 Å². The van der Waals surface area contributed by atoms with E-state index in [1.807, 2.05) is 30.9 Å². The third kappa shape index (κ3) is 8.67. The minimum atomic E-state index is 0.236. The van der Waals surface area contributed by atoms with Crippen molar-refractivity contribution in [3.63, 3.8) is 0 Å². The van der Waals surface area contributed by atoms with Gasteiger partial charge in [0.1, 0.15) is 0 Å². The van der Waals surface area contributed by atoms with Gasteiger partial charge in [-0.15, -0.1) is 0 Å². The molecule has 7 nitrogen and oxygen atoms in total. The standard InChI is InChI=1S/C24H40N4O3/c1-5-25-24(27-15-13-23(29)28-16-8-9-19(3)18-28)26-14-7-10-20-11-12-21(30-4)22(17-20)31-6-2/h11-12,17,19H,5-10,13-16,18H2,1-4H3,(H2,25,26,27). The van der Waals surface area contributed by atoms with Crippen LogP contribution in [0.1, 0.15) is 52.0 Å². The van der Waals surface area contributed by atoms with Crippen LogP contribution < -0.4 is 20.1 Å². The van der Waals surface area contributed by atoms with Gasteiger partial charge in [0.15, 0.2) is 17.5 Å². The molecule has 1 aromatic rings. The molecule has 1 atom stereocenters. The lowest BCUT2D eigenvalue weighted by molar-refractivity contribution is -0.132. The molecular formula is C24H40N4O3. The summed E-state index contributed by atoms with van der Waals surface area (Å²) in [7, 11) is 1.65. The normalized spacial score (nSPS) is 16.7. The lowest BCUT2D eigenvalue weighted by Gasteiger charge is -2.31. The fourth-order valence-electron chi connectivity index (χ4n) is 3.82. The van der Waals surface area contributed by atoms with E-state index in [0.29, 0.717) is 32.0 Å². The van der Waals surface area contributed by atoms with E-state index >= 15 is 0 Å². The third-order valence-electron chi connectivity index (χ3n) is 5.41. The average Bonchev–Trinajstić information content (AvgIpc) is 2.77. The summed E-state index contributed by atoms with van der Waals surface area (Å²) in [6, 6.07) is 6.07. The highest BCUT2D eigenvalue weighted by molar-refractivity contribution is 5.81. The summed E-state index contributed by atoms with van der Waals surface area (Å²) in [6.45, 7) is 10.7. The molecule has 0 bridgehead atoms. The van der Waals surface area contributed by atoms with Crippen LogP contribution in [-0.4, -0.2) is 63.2 Å². The Balaban J connectivity index is 1.76. The number of aryl methyl sites for hydroxylation is 1. The van der Waals surface area contributed by atoms with E-state index in [1.165, 1.54) is 12.0 Å². The van der Waals surface area contributed by atoms with Crippen molar-refractivity contribution in [1.29, 1.82) is 0 Å². The van der Waals surface area contributed by atoms with Crippen molar-refractivity contribution in [3.8, 4) is 11.5 Å². The predicted octanol–water partition coefficient (Wildman–Crippen LogP) is 3.23. The Hall–Kier alpha value is -2.44. The lowest BCUT2D eigenvalue weighted by atomic mass is 10.00. The second-order valence-corrected chi connectivity index (χ2v) is 8.05. The van der Waals surface area contributed by atoms with Gasteiger partial charge in [-0.05, 0) is 63.1 Å². The second kappa shape index (κ2) is 13.8. The minimum Gasteiger partial charge on any atom is -0.493 e. The Kier molecular flexibility index (Phi) is 11.0. The van der Waals surface area contributed by atoms with Crippen molar-refractivity contribution < 1.29 is 14.3 Å². The van der Waals surface area contributed by atoms with Gasteiger partial charge in [-0.2, -0.15) is 0 Å². The highest BCUT2D eigenvalue weighted by Gasteiger charge is 2.20. The van der Waals surface area contributed by atoms with Crippen molar-refractivity contribution in [3.05, 3.63) is 23.8 Å². The number of ether oxygens (including phenoxy) is 2. The summed E-state index contributed by atoms with van der Waals surface area (Å²) in [6.07, 6.45) is 4.69. The molecule has 1 fully saturated rings. The van der Waals surface area contributed by atoms with E-state index in [0.717, 1.165) is 56.4 Å². The van der Waals surface area contributed by atoms with Gasteiger partial charge in [0.05, 0.1) is 13.7 Å². The van der Waals surface area contributed by atoms with Crippen LogP contribution >= 0.6 is 0 Å². The molecule has 1 aliphatic heterocycles. The van der Waals surface area contributed by atoms with Gasteiger partial charge in [0, 0.05) is 39.1 Å². The summed E-state index contributed by atoms with van der Waals surface area (Å²) in [4.78, 5) is 19.1. The van der Waals surface area contributed by atoms with Gasteiger partial charge >= 0.3 is 0 Å². The van der Waals surface area contributed by atoms with Crippen LogP contribution in [-0.2, 0) is 11.2 Å². The van der Waals surface area contributed by atoms with Crippen molar-refractivity contribution >= 4 is 11.9 Å². The van der Waals surface area contributed by atoms with E-state index < -0.39 is 0 Å². The summed E-state index contributed by atoms with van der Waals surface area (Å²) in [5.74, 6) is 3.16. The third-order valence-corrected chi connectivity index (χ3v) is 5.41.